The summed E-state index contributed by atoms with van der Waals surface area (Å²) >= 11 is 0. The average Bonchev–Trinajstić information content (AvgIpc) is 2.17. The third-order valence-corrected chi connectivity index (χ3v) is 1.94. The van der Waals surface area contributed by atoms with Crippen LogP contribution in [-0.4, -0.2) is 18.2 Å². The number of halogens is 2. The van der Waals surface area contributed by atoms with Gasteiger partial charge < -0.3 is 9.84 Å². The molecular weight excluding hydrogens is 206 g/mol. The van der Waals surface area contributed by atoms with E-state index < -0.39 is 23.4 Å². The number of carbonyl (C=O) groups is 1. The van der Waals surface area contributed by atoms with Gasteiger partial charge >= 0.3 is 5.97 Å². The molecule has 1 rings (SSSR count). The van der Waals surface area contributed by atoms with E-state index in [2.05, 4.69) is 4.74 Å². The Morgan fingerprint density at radius 1 is 1.47 bits per heavy atom. The Bertz CT molecular complexity index is 377. The molecule has 1 aromatic carbocycles. The lowest BCUT2D eigenvalue weighted by atomic mass is 10.1. The van der Waals surface area contributed by atoms with Crippen molar-refractivity contribution in [1.29, 1.82) is 0 Å². The Kier molecular flexibility index (Phi) is 3.60. The Hall–Kier alpha value is -1.65. The van der Waals surface area contributed by atoms with Crippen LogP contribution < -0.4 is 4.74 Å². The largest absolute Gasteiger partial charge is 0.491 e. The molecule has 82 valence electrons. The van der Waals surface area contributed by atoms with Crippen molar-refractivity contribution in [1.82, 2.24) is 0 Å². The number of benzene rings is 1. The molecule has 1 aromatic rings. The summed E-state index contributed by atoms with van der Waals surface area (Å²) in [4.78, 5) is 10.3. The maximum atomic E-state index is 13.4. The molecule has 0 atom stereocenters. The van der Waals surface area contributed by atoms with Crippen LogP contribution in [0.3, 0.4) is 0 Å². The van der Waals surface area contributed by atoms with E-state index in [0.29, 0.717) is 0 Å². The van der Waals surface area contributed by atoms with Crippen molar-refractivity contribution in [2.45, 2.75) is 12.8 Å². The Morgan fingerprint density at radius 3 is 2.67 bits per heavy atom. The van der Waals surface area contributed by atoms with Gasteiger partial charge in [-0.15, -0.1) is 0 Å². The van der Waals surface area contributed by atoms with Gasteiger partial charge in [-0.05, 0) is 18.1 Å². The van der Waals surface area contributed by atoms with E-state index in [1.807, 2.05) is 0 Å². The van der Waals surface area contributed by atoms with Gasteiger partial charge in [-0.1, -0.05) is 6.07 Å². The number of rotatable bonds is 4. The van der Waals surface area contributed by atoms with Crippen molar-refractivity contribution in [3.8, 4) is 5.75 Å². The van der Waals surface area contributed by atoms with E-state index in [4.69, 9.17) is 5.11 Å². The van der Waals surface area contributed by atoms with E-state index in [1.165, 1.54) is 6.07 Å². The van der Waals surface area contributed by atoms with Gasteiger partial charge in [-0.2, -0.15) is 0 Å². The first-order valence-corrected chi connectivity index (χ1v) is 4.29. The summed E-state index contributed by atoms with van der Waals surface area (Å²) in [6, 6.07) is 2.27. The topological polar surface area (TPSA) is 46.5 Å². The molecule has 0 radical (unpaired) electrons. The minimum absolute atomic E-state index is 0.0117. The van der Waals surface area contributed by atoms with Crippen LogP contribution >= 0.6 is 0 Å². The van der Waals surface area contributed by atoms with Crippen LogP contribution in [0.2, 0.25) is 0 Å². The van der Waals surface area contributed by atoms with Gasteiger partial charge in [-0.3, -0.25) is 4.79 Å². The summed E-state index contributed by atoms with van der Waals surface area (Å²) in [6.45, 7) is 0. The van der Waals surface area contributed by atoms with Gasteiger partial charge in [-0.25, -0.2) is 8.78 Å². The normalized spacial score (nSPS) is 10.1. The highest BCUT2D eigenvalue weighted by molar-refractivity contribution is 5.67. The van der Waals surface area contributed by atoms with Crippen molar-refractivity contribution < 1.29 is 23.4 Å². The van der Waals surface area contributed by atoms with Gasteiger partial charge in [0.2, 0.25) is 0 Å². The SMILES string of the molecule is COc1c(F)ccc(CCC(=O)O)c1F. The lowest BCUT2D eigenvalue weighted by Crippen LogP contribution is -2.02. The highest BCUT2D eigenvalue weighted by atomic mass is 19.1. The standard InChI is InChI=1S/C10H10F2O3/c1-15-10-7(11)4-2-6(9(10)12)3-5-8(13)14/h2,4H,3,5H2,1H3,(H,13,14). The van der Waals surface area contributed by atoms with Crippen LogP contribution in [0.4, 0.5) is 8.78 Å². The van der Waals surface area contributed by atoms with Crippen molar-refractivity contribution in [3.63, 3.8) is 0 Å². The molecule has 0 heterocycles. The molecule has 0 aliphatic rings. The van der Waals surface area contributed by atoms with Gasteiger partial charge in [0.1, 0.15) is 0 Å². The second-order valence-electron chi connectivity index (χ2n) is 2.95. The average molecular weight is 216 g/mol. The Balaban J connectivity index is 2.94. The summed E-state index contributed by atoms with van der Waals surface area (Å²) in [5.74, 6) is -3.14. The number of carboxylic acids is 1. The summed E-state index contributed by atoms with van der Waals surface area (Å²) < 4.78 is 30.9. The molecule has 0 fully saturated rings. The molecule has 0 amide bonds. The van der Waals surface area contributed by atoms with Crippen molar-refractivity contribution in [2.75, 3.05) is 7.11 Å². The molecule has 5 heteroatoms. The maximum absolute atomic E-state index is 13.4. The molecule has 0 saturated carbocycles. The lowest BCUT2D eigenvalue weighted by molar-refractivity contribution is -0.136. The number of carboxylic acid groups (broad SMARTS) is 1. The molecule has 0 saturated heterocycles. The van der Waals surface area contributed by atoms with Gasteiger partial charge in [0.25, 0.3) is 0 Å². The van der Waals surface area contributed by atoms with Crippen molar-refractivity contribution >= 4 is 5.97 Å². The number of aryl methyl sites for hydroxylation is 1. The fourth-order valence-electron chi connectivity index (χ4n) is 1.20. The molecule has 0 aromatic heterocycles. The molecule has 0 unspecified atom stereocenters. The molecular formula is C10H10F2O3. The maximum Gasteiger partial charge on any atom is 0.303 e. The second kappa shape index (κ2) is 4.72. The van der Waals surface area contributed by atoms with E-state index >= 15 is 0 Å². The van der Waals surface area contributed by atoms with E-state index in [0.717, 1.165) is 13.2 Å². The summed E-state index contributed by atoms with van der Waals surface area (Å²) in [5.41, 5.74) is 0.135. The first kappa shape index (κ1) is 11.4. The first-order valence-electron chi connectivity index (χ1n) is 4.29. The molecule has 3 nitrogen and oxygen atoms in total. The monoisotopic (exact) mass is 216 g/mol. The number of aliphatic carboxylic acids is 1. The third kappa shape index (κ3) is 2.65. The predicted octanol–water partition coefficient (Wildman–Crippen LogP) is 1.99. The van der Waals surface area contributed by atoms with Crippen LogP contribution in [0.15, 0.2) is 12.1 Å². The zero-order chi connectivity index (χ0) is 11.4. The fraction of sp³-hybridized carbons (Fsp3) is 0.300. The molecule has 0 aliphatic heterocycles. The molecule has 1 N–H and O–H groups in total. The van der Waals surface area contributed by atoms with E-state index in [-0.39, 0.29) is 18.4 Å². The molecule has 0 spiro atoms. The Morgan fingerprint density at radius 2 is 2.13 bits per heavy atom. The van der Waals surface area contributed by atoms with E-state index in [1.54, 1.807) is 0 Å². The smallest absolute Gasteiger partial charge is 0.303 e. The number of hydrogen-bond donors (Lipinski definition) is 1. The number of hydrogen-bond acceptors (Lipinski definition) is 2. The number of methoxy groups -OCH3 is 1. The zero-order valence-corrected chi connectivity index (χ0v) is 8.09. The van der Waals surface area contributed by atoms with Crippen LogP contribution in [-0.2, 0) is 11.2 Å². The van der Waals surface area contributed by atoms with Gasteiger partial charge in [0.15, 0.2) is 17.4 Å². The van der Waals surface area contributed by atoms with Crippen LogP contribution in [0.25, 0.3) is 0 Å². The van der Waals surface area contributed by atoms with Crippen LogP contribution in [0.5, 0.6) is 5.75 Å². The van der Waals surface area contributed by atoms with Crippen molar-refractivity contribution in [2.24, 2.45) is 0 Å². The summed E-state index contributed by atoms with van der Waals surface area (Å²) in [5, 5.41) is 8.42. The summed E-state index contributed by atoms with van der Waals surface area (Å²) in [6.07, 6.45) is -0.191. The predicted molar refractivity (Wildman–Crippen MR) is 48.9 cm³/mol. The minimum atomic E-state index is -1.03. The quantitative estimate of drug-likeness (QED) is 0.837. The zero-order valence-electron chi connectivity index (χ0n) is 8.09. The van der Waals surface area contributed by atoms with E-state index in [9.17, 15) is 13.6 Å². The first-order chi connectivity index (χ1) is 7.06. The van der Waals surface area contributed by atoms with Crippen LogP contribution in [0.1, 0.15) is 12.0 Å². The highest BCUT2D eigenvalue weighted by Crippen LogP contribution is 2.24. The van der Waals surface area contributed by atoms with Gasteiger partial charge in [0, 0.05) is 6.42 Å². The van der Waals surface area contributed by atoms with Crippen molar-refractivity contribution in [3.05, 3.63) is 29.3 Å². The summed E-state index contributed by atoms with van der Waals surface area (Å²) in [7, 11) is 1.16. The lowest BCUT2D eigenvalue weighted by Gasteiger charge is -2.07. The fourth-order valence-corrected chi connectivity index (χ4v) is 1.20. The highest BCUT2D eigenvalue weighted by Gasteiger charge is 2.14. The molecule has 15 heavy (non-hydrogen) atoms. The van der Waals surface area contributed by atoms with Gasteiger partial charge in [0.05, 0.1) is 7.11 Å². The minimum Gasteiger partial charge on any atom is -0.491 e. The number of ether oxygens (including phenoxy) is 1. The third-order valence-electron chi connectivity index (χ3n) is 1.94. The molecule has 0 aliphatic carbocycles. The second-order valence-corrected chi connectivity index (χ2v) is 2.95. The molecule has 0 bridgehead atoms. The Labute approximate surface area is 85.3 Å². The van der Waals surface area contributed by atoms with Crippen LogP contribution in [0, 0.1) is 11.6 Å².